The molecule has 170 valence electrons. The molecule has 4 aliphatic rings. The number of hydrogen-bond acceptors (Lipinski definition) is 8. The highest BCUT2D eigenvalue weighted by Crippen LogP contribution is 2.39. The molecule has 4 atom stereocenters. The van der Waals surface area contributed by atoms with Crippen molar-refractivity contribution in [2.45, 2.75) is 24.4 Å². The maximum Gasteiger partial charge on any atom is 0.161 e. The molecule has 4 heterocycles. The van der Waals surface area contributed by atoms with Crippen molar-refractivity contribution in [1.82, 2.24) is 0 Å². The predicted octanol–water partition coefficient (Wildman–Crippen LogP) is 2.46. The molecule has 2 aromatic carbocycles. The first-order valence-corrected chi connectivity index (χ1v) is 11.1. The lowest BCUT2D eigenvalue weighted by molar-refractivity contribution is 0.228. The van der Waals surface area contributed by atoms with Gasteiger partial charge in [0.15, 0.2) is 11.5 Å². The van der Waals surface area contributed by atoms with Crippen LogP contribution in [0.15, 0.2) is 36.4 Å². The maximum atomic E-state index is 6.06. The molecule has 0 aromatic heterocycles. The van der Waals surface area contributed by atoms with Gasteiger partial charge in [0.1, 0.15) is 62.3 Å². The molecule has 4 saturated heterocycles. The molecule has 0 amide bonds. The van der Waals surface area contributed by atoms with E-state index in [1.807, 2.05) is 36.4 Å². The molecule has 4 aliphatic heterocycles. The number of rotatable bonds is 13. The van der Waals surface area contributed by atoms with Crippen molar-refractivity contribution in [2.24, 2.45) is 0 Å². The number of hydrogen-bond donors (Lipinski definition) is 0. The van der Waals surface area contributed by atoms with Gasteiger partial charge in [0, 0.05) is 5.56 Å². The molecule has 32 heavy (non-hydrogen) atoms. The highest BCUT2D eigenvalue weighted by Gasteiger charge is 2.27. The number of epoxide rings is 4. The summed E-state index contributed by atoms with van der Waals surface area (Å²) in [6.07, 6.45) is 0.682. The molecule has 4 fully saturated rings. The molecule has 4 unspecified atom stereocenters. The molecule has 0 saturated carbocycles. The Morgan fingerprint density at radius 1 is 0.562 bits per heavy atom. The highest BCUT2D eigenvalue weighted by atomic mass is 16.6. The summed E-state index contributed by atoms with van der Waals surface area (Å²) in [6, 6.07) is 11.8. The molecule has 0 spiro atoms. The molecule has 8 heteroatoms. The molecule has 0 bridgehead atoms. The third kappa shape index (κ3) is 5.45. The highest BCUT2D eigenvalue weighted by molar-refractivity contribution is 5.74. The Balaban J connectivity index is 1.26. The van der Waals surface area contributed by atoms with Crippen LogP contribution in [-0.2, 0) is 18.9 Å². The van der Waals surface area contributed by atoms with Gasteiger partial charge in [-0.2, -0.15) is 0 Å². The summed E-state index contributed by atoms with van der Waals surface area (Å²) >= 11 is 0. The van der Waals surface area contributed by atoms with Crippen LogP contribution in [-0.4, -0.2) is 77.3 Å². The first kappa shape index (κ1) is 20.1. The van der Waals surface area contributed by atoms with Crippen LogP contribution in [0.3, 0.4) is 0 Å². The van der Waals surface area contributed by atoms with Gasteiger partial charge in [-0.25, -0.2) is 0 Å². The van der Waals surface area contributed by atoms with Gasteiger partial charge in [-0.1, -0.05) is 6.07 Å². The van der Waals surface area contributed by atoms with Crippen LogP contribution >= 0.6 is 0 Å². The van der Waals surface area contributed by atoms with Gasteiger partial charge in [-0.05, 0) is 35.9 Å². The Kier molecular flexibility index (Phi) is 5.52. The van der Waals surface area contributed by atoms with Crippen LogP contribution in [0.2, 0.25) is 0 Å². The van der Waals surface area contributed by atoms with E-state index in [1.54, 1.807) is 0 Å². The van der Waals surface area contributed by atoms with Crippen molar-refractivity contribution in [1.29, 1.82) is 0 Å². The minimum atomic E-state index is 0.150. The monoisotopic (exact) mass is 442 g/mol. The summed E-state index contributed by atoms with van der Waals surface area (Å²) in [5, 5.41) is 0. The van der Waals surface area contributed by atoms with E-state index in [0.717, 1.165) is 49.1 Å². The van der Waals surface area contributed by atoms with Crippen LogP contribution < -0.4 is 18.9 Å². The van der Waals surface area contributed by atoms with E-state index in [-0.39, 0.29) is 24.4 Å². The molecular formula is C24H26O8. The fraction of sp³-hybridized carbons (Fsp3) is 0.500. The van der Waals surface area contributed by atoms with Gasteiger partial charge >= 0.3 is 0 Å². The van der Waals surface area contributed by atoms with Crippen molar-refractivity contribution in [3.63, 3.8) is 0 Å². The average Bonchev–Trinajstić information content (AvgIpc) is 3.65. The normalized spacial score (nSPS) is 26.9. The first-order chi connectivity index (χ1) is 15.8. The van der Waals surface area contributed by atoms with E-state index in [0.29, 0.717) is 37.9 Å². The topological polar surface area (TPSA) is 87.0 Å². The Bertz CT molecular complexity index is 947. The van der Waals surface area contributed by atoms with Crippen LogP contribution in [0.25, 0.3) is 11.1 Å². The van der Waals surface area contributed by atoms with Gasteiger partial charge in [0.25, 0.3) is 0 Å². The smallest absolute Gasteiger partial charge is 0.161 e. The van der Waals surface area contributed by atoms with Crippen molar-refractivity contribution in [3.05, 3.63) is 36.4 Å². The van der Waals surface area contributed by atoms with Crippen LogP contribution in [0.1, 0.15) is 0 Å². The van der Waals surface area contributed by atoms with Crippen molar-refractivity contribution < 1.29 is 37.9 Å². The first-order valence-electron chi connectivity index (χ1n) is 11.1. The van der Waals surface area contributed by atoms with Crippen molar-refractivity contribution in [3.8, 4) is 34.1 Å². The zero-order valence-electron chi connectivity index (χ0n) is 17.7. The van der Waals surface area contributed by atoms with E-state index in [4.69, 9.17) is 37.9 Å². The lowest BCUT2D eigenvalue weighted by atomic mass is 10.0. The van der Waals surface area contributed by atoms with Gasteiger partial charge in [-0.3, -0.25) is 0 Å². The summed E-state index contributed by atoms with van der Waals surface area (Å²) in [7, 11) is 0. The van der Waals surface area contributed by atoms with E-state index in [2.05, 4.69) is 0 Å². The SMILES string of the molecule is c1cc(OCC2CO2)c(-c2ccc(OCC3CO3)c(OCC3CO3)c2)cc1OCC1CO1. The molecule has 6 rings (SSSR count). The second-order valence-corrected chi connectivity index (χ2v) is 8.38. The van der Waals surface area contributed by atoms with E-state index >= 15 is 0 Å². The lowest BCUT2D eigenvalue weighted by Gasteiger charge is -2.16. The maximum absolute atomic E-state index is 6.06. The van der Waals surface area contributed by atoms with Crippen molar-refractivity contribution >= 4 is 0 Å². The van der Waals surface area contributed by atoms with E-state index in [1.165, 1.54) is 0 Å². The van der Waals surface area contributed by atoms with E-state index < -0.39 is 0 Å². The molecule has 2 aromatic rings. The molecular weight excluding hydrogens is 416 g/mol. The summed E-state index contributed by atoms with van der Waals surface area (Å²) in [4.78, 5) is 0. The minimum absolute atomic E-state index is 0.150. The lowest BCUT2D eigenvalue weighted by Crippen LogP contribution is -2.09. The van der Waals surface area contributed by atoms with Crippen molar-refractivity contribution in [2.75, 3.05) is 52.9 Å². The molecule has 8 nitrogen and oxygen atoms in total. The summed E-state index contributed by atoms with van der Waals surface area (Å²) < 4.78 is 45.1. The molecule has 0 aliphatic carbocycles. The fourth-order valence-corrected chi connectivity index (χ4v) is 3.25. The predicted molar refractivity (Wildman–Crippen MR) is 113 cm³/mol. The zero-order valence-corrected chi connectivity index (χ0v) is 17.7. The zero-order chi connectivity index (χ0) is 21.3. The van der Waals surface area contributed by atoms with Gasteiger partial charge in [0.2, 0.25) is 0 Å². The number of ether oxygens (including phenoxy) is 8. The third-order valence-electron chi connectivity index (χ3n) is 5.53. The Morgan fingerprint density at radius 2 is 1.06 bits per heavy atom. The molecule has 0 N–H and O–H groups in total. The van der Waals surface area contributed by atoms with Crippen LogP contribution in [0.5, 0.6) is 23.0 Å². The summed E-state index contributed by atoms with van der Waals surface area (Å²) in [6.45, 7) is 5.05. The standard InChI is InChI=1S/C24H26O8/c1-3-23(31-13-19-10-28-19)24(32-14-20-11-29-20)5-15(1)21-6-16(25-7-17-8-26-17)2-4-22(21)30-12-18-9-27-18/h1-6,17-20H,7-14H2. The minimum Gasteiger partial charge on any atom is -0.491 e. The van der Waals surface area contributed by atoms with E-state index in [9.17, 15) is 0 Å². The quantitative estimate of drug-likeness (QED) is 0.437. The Hall–Kier alpha value is -2.52. The summed E-state index contributed by atoms with van der Waals surface area (Å²) in [5.41, 5.74) is 1.87. The second kappa shape index (κ2) is 8.78. The van der Waals surface area contributed by atoms with Gasteiger partial charge < -0.3 is 37.9 Å². The second-order valence-electron chi connectivity index (χ2n) is 8.38. The number of benzene rings is 2. The Labute approximate surface area is 186 Å². The van der Waals surface area contributed by atoms with Crippen LogP contribution in [0.4, 0.5) is 0 Å². The Morgan fingerprint density at radius 3 is 1.66 bits per heavy atom. The average molecular weight is 442 g/mol. The third-order valence-corrected chi connectivity index (χ3v) is 5.53. The van der Waals surface area contributed by atoms with Gasteiger partial charge in [0.05, 0.1) is 26.4 Å². The fourth-order valence-electron chi connectivity index (χ4n) is 3.25. The summed E-state index contributed by atoms with van der Waals surface area (Å²) in [5.74, 6) is 2.91. The largest absolute Gasteiger partial charge is 0.491 e. The molecule has 0 radical (unpaired) electrons. The van der Waals surface area contributed by atoms with Gasteiger partial charge in [-0.15, -0.1) is 0 Å². The van der Waals surface area contributed by atoms with Crippen LogP contribution in [0, 0.1) is 0 Å².